The molecule has 0 atom stereocenters. The largest absolute Gasteiger partial charge is 0.478 e. The number of thiophene rings is 1. The molecule has 0 spiro atoms. The zero-order valence-corrected chi connectivity index (χ0v) is 11.6. The summed E-state index contributed by atoms with van der Waals surface area (Å²) in [4.78, 5) is 10.7. The van der Waals surface area contributed by atoms with Crippen LogP contribution in [0.1, 0.15) is 10.4 Å². The van der Waals surface area contributed by atoms with Gasteiger partial charge >= 0.3 is 5.97 Å². The van der Waals surface area contributed by atoms with Crippen LogP contribution in [-0.4, -0.2) is 19.5 Å². The highest BCUT2D eigenvalue weighted by atomic mass is 32.2. The van der Waals surface area contributed by atoms with E-state index in [-0.39, 0.29) is 5.56 Å². The lowest BCUT2D eigenvalue weighted by Crippen LogP contribution is -2.14. The summed E-state index contributed by atoms with van der Waals surface area (Å²) in [6.07, 6.45) is 0. The van der Waals surface area contributed by atoms with Crippen molar-refractivity contribution >= 4 is 33.0 Å². The van der Waals surface area contributed by atoms with Crippen molar-refractivity contribution < 1.29 is 31.5 Å². The lowest BCUT2D eigenvalue weighted by molar-refractivity contribution is 0.0697. The van der Waals surface area contributed by atoms with Gasteiger partial charge in [0, 0.05) is 17.5 Å². The van der Waals surface area contributed by atoms with Gasteiger partial charge in [0.2, 0.25) is 0 Å². The molecule has 0 unspecified atom stereocenters. The Kier molecular flexibility index (Phi) is 3.92. The van der Waals surface area contributed by atoms with E-state index in [9.17, 15) is 26.4 Å². The third-order valence-corrected chi connectivity index (χ3v) is 5.12. The fraction of sp³-hybridized carbons (Fsp3) is 0. The summed E-state index contributed by atoms with van der Waals surface area (Å²) in [5, 5.41) is 9.77. The molecule has 21 heavy (non-hydrogen) atoms. The Morgan fingerprint density at radius 3 is 2.19 bits per heavy atom. The maximum Gasteiger partial charge on any atom is 0.336 e. The van der Waals surface area contributed by atoms with Crippen molar-refractivity contribution in [2.75, 3.05) is 4.72 Å². The van der Waals surface area contributed by atoms with Gasteiger partial charge in [-0.3, -0.25) is 4.72 Å². The molecule has 2 N–H and O–H groups in total. The summed E-state index contributed by atoms with van der Waals surface area (Å²) < 4.78 is 64.5. The van der Waals surface area contributed by atoms with Crippen LogP contribution in [0.25, 0.3) is 0 Å². The zero-order chi connectivity index (χ0) is 15.8. The van der Waals surface area contributed by atoms with Crippen LogP contribution in [0.15, 0.2) is 27.8 Å². The Morgan fingerprint density at radius 1 is 1.14 bits per heavy atom. The van der Waals surface area contributed by atoms with Crippen LogP contribution in [0.5, 0.6) is 0 Å². The third kappa shape index (κ3) is 3.16. The van der Waals surface area contributed by atoms with E-state index in [1.165, 1.54) is 0 Å². The number of hydrogen-bond donors (Lipinski definition) is 2. The predicted molar refractivity (Wildman–Crippen MR) is 68.4 cm³/mol. The first-order valence-corrected chi connectivity index (χ1v) is 7.56. The molecule has 1 aromatic carbocycles. The number of hydrogen-bond acceptors (Lipinski definition) is 4. The maximum absolute atomic E-state index is 13.4. The van der Waals surface area contributed by atoms with Crippen LogP contribution in [0, 0.1) is 17.5 Å². The third-order valence-electron chi connectivity index (χ3n) is 2.33. The summed E-state index contributed by atoms with van der Waals surface area (Å²) in [6.45, 7) is 0. The van der Waals surface area contributed by atoms with Gasteiger partial charge in [-0.15, -0.1) is 11.3 Å². The standard InChI is InChI=1S/C11H6F3NO4S2/c12-6-2-7(13)10(8(14)3-6)15-21(18,19)9-1-5(4-20-9)11(16)17/h1-4,15H,(H,16,17). The van der Waals surface area contributed by atoms with Crippen LogP contribution in [-0.2, 0) is 10.0 Å². The Morgan fingerprint density at radius 2 is 1.71 bits per heavy atom. The highest BCUT2D eigenvalue weighted by molar-refractivity contribution is 7.94. The number of carboxylic acids is 1. The summed E-state index contributed by atoms with van der Waals surface area (Å²) >= 11 is 0.569. The highest BCUT2D eigenvalue weighted by Gasteiger charge is 2.23. The summed E-state index contributed by atoms with van der Waals surface area (Å²) in [5.74, 6) is -5.39. The van der Waals surface area contributed by atoms with E-state index in [4.69, 9.17) is 5.11 Å². The number of rotatable bonds is 4. The lowest BCUT2D eigenvalue weighted by Gasteiger charge is -2.08. The smallest absolute Gasteiger partial charge is 0.336 e. The minimum absolute atomic E-state index is 0.277. The van der Waals surface area contributed by atoms with E-state index in [1.54, 1.807) is 4.72 Å². The average molecular weight is 337 g/mol. The number of aromatic carboxylic acids is 1. The maximum atomic E-state index is 13.4. The summed E-state index contributed by atoms with van der Waals surface area (Å²) in [5.41, 5.74) is -1.32. The molecule has 5 nitrogen and oxygen atoms in total. The van der Waals surface area contributed by atoms with E-state index in [0.717, 1.165) is 11.4 Å². The van der Waals surface area contributed by atoms with Gasteiger partial charge in [0.15, 0.2) is 11.6 Å². The first kappa shape index (κ1) is 15.3. The van der Waals surface area contributed by atoms with E-state index in [1.807, 2.05) is 0 Å². The molecular formula is C11H6F3NO4S2. The van der Waals surface area contributed by atoms with Crippen molar-refractivity contribution in [3.8, 4) is 0 Å². The van der Waals surface area contributed by atoms with Crippen LogP contribution in [0.2, 0.25) is 0 Å². The Hall–Kier alpha value is -2.07. The van der Waals surface area contributed by atoms with Gasteiger partial charge in [-0.05, 0) is 6.07 Å². The number of nitrogens with one attached hydrogen (secondary N) is 1. The molecule has 0 aliphatic rings. The van der Waals surface area contributed by atoms with E-state index in [0.29, 0.717) is 23.5 Å². The van der Waals surface area contributed by atoms with Crippen LogP contribution in [0.3, 0.4) is 0 Å². The van der Waals surface area contributed by atoms with Gasteiger partial charge in [-0.2, -0.15) is 0 Å². The molecule has 0 aliphatic heterocycles. The average Bonchev–Trinajstić information content (AvgIpc) is 2.84. The minimum Gasteiger partial charge on any atom is -0.478 e. The fourth-order valence-corrected chi connectivity index (χ4v) is 3.62. The van der Waals surface area contributed by atoms with Crippen molar-refractivity contribution in [2.24, 2.45) is 0 Å². The second kappa shape index (κ2) is 5.37. The molecule has 0 saturated heterocycles. The van der Waals surface area contributed by atoms with E-state index >= 15 is 0 Å². The van der Waals surface area contributed by atoms with Crippen LogP contribution in [0.4, 0.5) is 18.9 Å². The number of carbonyl (C=O) groups is 1. The van der Waals surface area contributed by atoms with Crippen molar-refractivity contribution in [1.82, 2.24) is 0 Å². The topological polar surface area (TPSA) is 83.5 Å². The molecule has 112 valence electrons. The van der Waals surface area contributed by atoms with Crippen molar-refractivity contribution in [3.63, 3.8) is 0 Å². The minimum atomic E-state index is -4.38. The summed E-state index contributed by atoms with van der Waals surface area (Å²) in [7, 11) is -4.38. The van der Waals surface area contributed by atoms with Crippen LogP contribution < -0.4 is 4.72 Å². The van der Waals surface area contributed by atoms with E-state index in [2.05, 4.69) is 0 Å². The molecule has 0 bridgehead atoms. The molecule has 0 radical (unpaired) electrons. The van der Waals surface area contributed by atoms with Gasteiger partial charge in [-0.25, -0.2) is 26.4 Å². The monoisotopic (exact) mass is 337 g/mol. The van der Waals surface area contributed by atoms with Crippen LogP contribution >= 0.6 is 11.3 Å². The lowest BCUT2D eigenvalue weighted by atomic mass is 10.3. The SMILES string of the molecule is O=C(O)c1csc(S(=O)(=O)Nc2c(F)cc(F)cc2F)c1. The Labute approximate surface area is 120 Å². The fourth-order valence-electron chi connectivity index (χ4n) is 1.39. The second-order valence-electron chi connectivity index (χ2n) is 3.81. The van der Waals surface area contributed by atoms with Gasteiger partial charge in [0.25, 0.3) is 10.0 Å². The molecular weight excluding hydrogens is 331 g/mol. The second-order valence-corrected chi connectivity index (χ2v) is 6.63. The highest BCUT2D eigenvalue weighted by Crippen LogP contribution is 2.26. The molecule has 0 fully saturated rings. The van der Waals surface area contributed by atoms with Crippen molar-refractivity contribution in [3.05, 3.63) is 46.6 Å². The molecule has 2 aromatic rings. The Bertz CT molecular complexity index is 794. The molecule has 10 heteroatoms. The zero-order valence-electron chi connectivity index (χ0n) is 9.93. The van der Waals surface area contributed by atoms with Crippen molar-refractivity contribution in [2.45, 2.75) is 4.21 Å². The molecule has 2 rings (SSSR count). The normalized spacial score (nSPS) is 11.4. The van der Waals surface area contributed by atoms with Gasteiger partial charge in [0.05, 0.1) is 5.56 Å². The Balaban J connectivity index is 2.40. The molecule has 1 aromatic heterocycles. The van der Waals surface area contributed by atoms with Gasteiger partial charge in [0.1, 0.15) is 15.7 Å². The predicted octanol–water partition coefficient (Wildman–Crippen LogP) is 2.66. The quantitative estimate of drug-likeness (QED) is 0.898. The van der Waals surface area contributed by atoms with Gasteiger partial charge < -0.3 is 5.11 Å². The summed E-state index contributed by atoms with van der Waals surface area (Å²) in [6, 6.07) is 1.48. The number of benzene rings is 1. The number of halogens is 3. The van der Waals surface area contributed by atoms with Crippen molar-refractivity contribution in [1.29, 1.82) is 0 Å². The molecule has 0 aliphatic carbocycles. The number of carboxylic acid groups (broad SMARTS) is 1. The number of anilines is 1. The molecule has 0 amide bonds. The first-order chi connectivity index (χ1) is 9.70. The molecule has 0 saturated carbocycles. The molecule has 1 heterocycles. The van der Waals surface area contributed by atoms with E-state index < -0.39 is 43.3 Å². The number of sulfonamides is 1. The van der Waals surface area contributed by atoms with Gasteiger partial charge in [-0.1, -0.05) is 0 Å². The first-order valence-electron chi connectivity index (χ1n) is 5.20.